The van der Waals surface area contributed by atoms with Crippen LogP contribution in [0, 0.1) is 17.7 Å². The van der Waals surface area contributed by atoms with Gasteiger partial charge in [-0.2, -0.15) is 4.98 Å². The van der Waals surface area contributed by atoms with Crippen molar-refractivity contribution in [2.24, 2.45) is 11.8 Å². The Morgan fingerprint density at radius 1 is 1.36 bits per heavy atom. The number of amides is 1. The van der Waals surface area contributed by atoms with Gasteiger partial charge in [-0.1, -0.05) is 33.6 Å². The van der Waals surface area contributed by atoms with Gasteiger partial charge in [0.1, 0.15) is 6.23 Å². The molecule has 1 aliphatic heterocycles. The molecule has 1 saturated heterocycles. The maximum atomic E-state index is 14.3. The molecule has 0 aromatic carbocycles. The zero-order valence-electron chi connectivity index (χ0n) is 15.1. The van der Waals surface area contributed by atoms with Crippen LogP contribution in [0.2, 0.25) is 0 Å². The van der Waals surface area contributed by atoms with Crippen LogP contribution in [-0.2, 0) is 9.47 Å². The van der Waals surface area contributed by atoms with Crippen LogP contribution in [0.25, 0.3) is 0 Å². The molecule has 1 aromatic heterocycles. The predicted octanol–water partition coefficient (Wildman–Crippen LogP) is 3.31. The smallest absolute Gasteiger partial charge is 0.412 e. The molecule has 0 saturated carbocycles. The first-order valence-corrected chi connectivity index (χ1v) is 8.73. The number of nitrogens with zero attached hydrogens (tertiary/aromatic N) is 2. The Labute approximate surface area is 146 Å². The summed E-state index contributed by atoms with van der Waals surface area (Å²) in [6.45, 7) is 8.16. The second-order valence-electron chi connectivity index (χ2n) is 6.55. The van der Waals surface area contributed by atoms with Crippen LogP contribution in [0.1, 0.15) is 53.2 Å². The number of aromatic nitrogens is 2. The van der Waals surface area contributed by atoms with Gasteiger partial charge in [-0.25, -0.2) is 14.0 Å². The number of hydrogen-bond acceptors (Lipinski definition) is 5. The van der Waals surface area contributed by atoms with E-state index >= 15 is 0 Å². The van der Waals surface area contributed by atoms with Crippen LogP contribution in [0.3, 0.4) is 0 Å². The number of halogens is 1. The van der Waals surface area contributed by atoms with Gasteiger partial charge in [0.15, 0.2) is 11.6 Å². The van der Waals surface area contributed by atoms with E-state index in [4.69, 9.17) is 9.47 Å². The Morgan fingerprint density at radius 2 is 2.08 bits per heavy atom. The Hall–Kier alpha value is -1.96. The first-order chi connectivity index (χ1) is 11.8. The zero-order valence-corrected chi connectivity index (χ0v) is 15.1. The van der Waals surface area contributed by atoms with Crippen molar-refractivity contribution in [1.29, 1.82) is 0 Å². The van der Waals surface area contributed by atoms with Crippen molar-refractivity contribution in [2.75, 3.05) is 11.9 Å². The fraction of sp³-hybridized carbons (Fsp3) is 0.706. The molecule has 0 radical (unpaired) electrons. The quantitative estimate of drug-likeness (QED) is 0.792. The molecule has 25 heavy (non-hydrogen) atoms. The van der Waals surface area contributed by atoms with Crippen LogP contribution < -0.4 is 11.0 Å². The standard InChI is InChI=1S/C17H26FN3O4/c1-5-6-7-8-24-17(23)20-14-13(18)9-21(16(22)19-14)15-11(3)10(2)12(4)25-15/h9-12,15H,5-8H2,1-4H3,(H,19,20,22,23)/t10-,11+,12+,15+/m0/s1. The minimum atomic E-state index is -0.826. The number of carbonyl (C=O) groups is 1. The summed E-state index contributed by atoms with van der Waals surface area (Å²) in [6.07, 6.45) is 2.25. The number of nitrogens with one attached hydrogen (secondary N) is 1. The van der Waals surface area contributed by atoms with Crippen molar-refractivity contribution in [3.8, 4) is 0 Å². The number of hydrogen-bond donors (Lipinski definition) is 1. The summed E-state index contributed by atoms with van der Waals surface area (Å²) >= 11 is 0. The van der Waals surface area contributed by atoms with Crippen molar-refractivity contribution in [2.45, 2.75) is 59.3 Å². The molecule has 0 aliphatic carbocycles. The number of anilines is 1. The fourth-order valence-electron chi connectivity index (χ4n) is 2.84. The molecule has 1 aromatic rings. The third-order valence-electron chi connectivity index (χ3n) is 4.76. The van der Waals surface area contributed by atoms with Gasteiger partial charge < -0.3 is 9.47 Å². The highest BCUT2D eigenvalue weighted by Crippen LogP contribution is 2.37. The summed E-state index contributed by atoms with van der Waals surface area (Å²) in [4.78, 5) is 27.5. The van der Waals surface area contributed by atoms with Crippen LogP contribution in [0.15, 0.2) is 11.0 Å². The van der Waals surface area contributed by atoms with E-state index in [0.29, 0.717) is 0 Å². The summed E-state index contributed by atoms with van der Waals surface area (Å²) < 4.78 is 26.1. The molecule has 1 amide bonds. The van der Waals surface area contributed by atoms with E-state index in [0.717, 1.165) is 30.0 Å². The van der Waals surface area contributed by atoms with Crippen molar-refractivity contribution in [3.63, 3.8) is 0 Å². The molecule has 1 N–H and O–H groups in total. The lowest BCUT2D eigenvalue weighted by molar-refractivity contribution is -0.00803. The van der Waals surface area contributed by atoms with E-state index < -0.39 is 29.6 Å². The van der Waals surface area contributed by atoms with Gasteiger partial charge in [-0.15, -0.1) is 0 Å². The highest BCUT2D eigenvalue weighted by Gasteiger charge is 2.38. The van der Waals surface area contributed by atoms with Crippen molar-refractivity contribution in [1.82, 2.24) is 9.55 Å². The second-order valence-corrected chi connectivity index (χ2v) is 6.55. The topological polar surface area (TPSA) is 82.5 Å². The van der Waals surface area contributed by atoms with E-state index in [2.05, 4.69) is 10.3 Å². The maximum absolute atomic E-state index is 14.3. The molecular formula is C17H26FN3O4. The van der Waals surface area contributed by atoms with Gasteiger partial charge in [-0.05, 0) is 19.3 Å². The number of unbranched alkanes of at least 4 members (excludes halogenated alkanes) is 2. The van der Waals surface area contributed by atoms with Gasteiger partial charge >= 0.3 is 11.8 Å². The third kappa shape index (κ3) is 4.56. The maximum Gasteiger partial charge on any atom is 0.412 e. The summed E-state index contributed by atoms with van der Waals surface area (Å²) in [5.41, 5.74) is -0.680. The Bertz CT molecular complexity index is 664. The molecule has 0 unspecified atom stereocenters. The summed E-state index contributed by atoms with van der Waals surface area (Å²) in [5.74, 6) is -0.978. The van der Waals surface area contributed by atoms with Crippen LogP contribution in [0.5, 0.6) is 0 Å². The van der Waals surface area contributed by atoms with Crippen LogP contribution >= 0.6 is 0 Å². The molecule has 2 rings (SSSR count). The van der Waals surface area contributed by atoms with Crippen molar-refractivity contribution < 1.29 is 18.7 Å². The van der Waals surface area contributed by atoms with Gasteiger partial charge in [0.25, 0.3) is 0 Å². The first kappa shape index (κ1) is 19.4. The average molecular weight is 355 g/mol. The van der Waals surface area contributed by atoms with E-state index in [1.165, 1.54) is 0 Å². The molecule has 140 valence electrons. The van der Waals surface area contributed by atoms with Crippen molar-refractivity contribution in [3.05, 3.63) is 22.5 Å². The van der Waals surface area contributed by atoms with E-state index in [-0.39, 0.29) is 24.5 Å². The Morgan fingerprint density at radius 3 is 2.68 bits per heavy atom. The van der Waals surface area contributed by atoms with Crippen molar-refractivity contribution >= 4 is 11.9 Å². The molecule has 4 atom stereocenters. The summed E-state index contributed by atoms with van der Waals surface area (Å²) in [7, 11) is 0. The first-order valence-electron chi connectivity index (χ1n) is 8.73. The SMILES string of the molecule is CCCCCOC(=O)Nc1nc(=O)n([C@@H]2O[C@H](C)[C@@H](C)[C@H]2C)cc1F. The second kappa shape index (κ2) is 8.42. The largest absolute Gasteiger partial charge is 0.449 e. The lowest BCUT2D eigenvalue weighted by Crippen LogP contribution is -2.31. The average Bonchev–Trinajstić information content (AvgIpc) is 2.82. The lowest BCUT2D eigenvalue weighted by Gasteiger charge is -2.19. The molecule has 7 nitrogen and oxygen atoms in total. The molecule has 0 spiro atoms. The highest BCUT2D eigenvalue weighted by molar-refractivity contribution is 5.83. The molecule has 2 heterocycles. The van der Waals surface area contributed by atoms with Crippen LogP contribution in [-0.4, -0.2) is 28.4 Å². The Kier molecular flexibility index (Phi) is 6.52. The normalized spacial score (nSPS) is 25.8. The minimum absolute atomic E-state index is 0.0362. The van der Waals surface area contributed by atoms with E-state index in [1.54, 1.807) is 0 Å². The van der Waals surface area contributed by atoms with Gasteiger partial charge in [0.05, 0.1) is 18.9 Å². The fourth-order valence-corrected chi connectivity index (χ4v) is 2.84. The summed E-state index contributed by atoms with van der Waals surface area (Å²) in [6, 6.07) is 0. The molecule has 1 aliphatic rings. The van der Waals surface area contributed by atoms with E-state index in [1.807, 2.05) is 27.7 Å². The van der Waals surface area contributed by atoms with Gasteiger partial charge in [-0.3, -0.25) is 9.88 Å². The lowest BCUT2D eigenvalue weighted by atomic mass is 9.93. The zero-order chi connectivity index (χ0) is 18.6. The van der Waals surface area contributed by atoms with E-state index in [9.17, 15) is 14.0 Å². The third-order valence-corrected chi connectivity index (χ3v) is 4.76. The highest BCUT2D eigenvalue weighted by atomic mass is 19.1. The summed E-state index contributed by atoms with van der Waals surface area (Å²) in [5, 5.41) is 2.17. The molecular weight excluding hydrogens is 329 g/mol. The number of ether oxygens (including phenoxy) is 2. The van der Waals surface area contributed by atoms with Gasteiger partial charge in [0.2, 0.25) is 0 Å². The monoisotopic (exact) mass is 355 g/mol. The molecule has 1 fully saturated rings. The predicted molar refractivity (Wildman–Crippen MR) is 90.9 cm³/mol. The number of rotatable bonds is 6. The van der Waals surface area contributed by atoms with Crippen LogP contribution in [0.4, 0.5) is 15.0 Å². The van der Waals surface area contributed by atoms with Gasteiger partial charge in [0, 0.05) is 5.92 Å². The number of carbonyl (C=O) groups excluding carboxylic acids is 1. The Balaban J connectivity index is 2.07. The minimum Gasteiger partial charge on any atom is -0.449 e. The molecule has 0 bridgehead atoms. The molecule has 8 heteroatoms.